The van der Waals surface area contributed by atoms with Crippen LogP contribution in [-0.4, -0.2) is 24.4 Å². The molecule has 2 heteroatoms. The molecule has 0 fully saturated rings. The second-order valence-corrected chi connectivity index (χ2v) is 12.5. The molecule has 0 spiro atoms. The van der Waals surface area contributed by atoms with Gasteiger partial charge in [0.2, 0.25) is 0 Å². The molecule has 0 bridgehead atoms. The molecule has 0 saturated carbocycles. The van der Waals surface area contributed by atoms with Crippen molar-refractivity contribution < 1.29 is 9.47 Å². The average molecular weight is 467 g/mol. The monoisotopic (exact) mass is 466 g/mol. The maximum absolute atomic E-state index is 6.28. The minimum atomic E-state index is -0.00719. The predicted octanol–water partition coefficient (Wildman–Crippen LogP) is 10.2. The minimum absolute atomic E-state index is 0.00719. The highest BCUT2D eigenvalue weighted by Gasteiger charge is 2.20. The summed E-state index contributed by atoms with van der Waals surface area (Å²) in [6, 6.07) is 0. The van der Waals surface area contributed by atoms with Crippen LogP contribution in [0.3, 0.4) is 0 Å². The first-order valence-electron chi connectivity index (χ1n) is 14.3. The third-order valence-corrected chi connectivity index (χ3v) is 7.15. The van der Waals surface area contributed by atoms with Gasteiger partial charge in [0.1, 0.15) is 0 Å². The van der Waals surface area contributed by atoms with Crippen LogP contribution in [0.15, 0.2) is 11.6 Å². The van der Waals surface area contributed by atoms with E-state index in [4.69, 9.17) is 9.47 Å². The Labute approximate surface area is 209 Å². The summed E-state index contributed by atoms with van der Waals surface area (Å²) in [6.07, 6.45) is 17.3. The Morgan fingerprint density at radius 3 is 1.52 bits per heavy atom. The zero-order valence-electron chi connectivity index (χ0n) is 24.5. The van der Waals surface area contributed by atoms with E-state index >= 15 is 0 Å². The van der Waals surface area contributed by atoms with E-state index in [9.17, 15) is 0 Å². The highest BCUT2D eigenvalue weighted by atomic mass is 16.5. The lowest BCUT2D eigenvalue weighted by atomic mass is 9.94. The molecule has 0 aliphatic heterocycles. The van der Waals surface area contributed by atoms with Gasteiger partial charge in [-0.1, -0.05) is 77.9 Å². The van der Waals surface area contributed by atoms with Crippen molar-refractivity contribution in [1.29, 1.82) is 0 Å². The molecule has 0 aliphatic carbocycles. The first-order chi connectivity index (χ1) is 15.4. The highest BCUT2D eigenvalue weighted by molar-refractivity contribution is 4.92. The van der Waals surface area contributed by atoms with Crippen LogP contribution >= 0.6 is 0 Å². The van der Waals surface area contributed by atoms with E-state index in [0.717, 1.165) is 37.4 Å². The Bertz CT molecular complexity index is 487. The third-order valence-electron chi connectivity index (χ3n) is 7.15. The molecule has 0 aromatic rings. The van der Waals surface area contributed by atoms with Crippen LogP contribution in [0.1, 0.15) is 146 Å². The first-order valence-corrected chi connectivity index (χ1v) is 14.3. The molecule has 2 nitrogen and oxygen atoms in total. The fourth-order valence-electron chi connectivity index (χ4n) is 4.55. The van der Waals surface area contributed by atoms with E-state index in [-0.39, 0.29) is 11.2 Å². The molecule has 0 amide bonds. The van der Waals surface area contributed by atoms with Crippen molar-refractivity contribution >= 4 is 0 Å². The Hall–Kier alpha value is -0.340. The maximum atomic E-state index is 6.28. The molecule has 0 N–H and O–H groups in total. The summed E-state index contributed by atoms with van der Waals surface area (Å²) in [7, 11) is 0. The molecule has 0 radical (unpaired) electrons. The number of hydrogen-bond donors (Lipinski definition) is 0. The lowest BCUT2D eigenvalue weighted by molar-refractivity contribution is -0.0345. The molecule has 0 aliphatic rings. The molecule has 0 saturated heterocycles. The molecule has 3 atom stereocenters. The van der Waals surface area contributed by atoms with Gasteiger partial charge in [-0.25, -0.2) is 0 Å². The molecule has 3 unspecified atom stereocenters. The van der Waals surface area contributed by atoms with Gasteiger partial charge >= 0.3 is 0 Å². The van der Waals surface area contributed by atoms with E-state index in [2.05, 4.69) is 75.3 Å². The summed E-state index contributed by atoms with van der Waals surface area (Å²) in [5.74, 6) is 2.31. The van der Waals surface area contributed by atoms with Gasteiger partial charge in [-0.05, 0) is 97.8 Å². The van der Waals surface area contributed by atoms with Crippen molar-refractivity contribution in [3.05, 3.63) is 11.6 Å². The van der Waals surface area contributed by atoms with Gasteiger partial charge in [0.05, 0.1) is 11.2 Å². The maximum Gasteiger partial charge on any atom is 0.0626 e. The normalized spacial score (nSPS) is 15.3. The number of ether oxygens (including phenoxy) is 2. The molecule has 33 heavy (non-hydrogen) atoms. The molecular formula is C31H62O2. The van der Waals surface area contributed by atoms with Crippen molar-refractivity contribution in [3.63, 3.8) is 0 Å². The third kappa shape index (κ3) is 20.7. The van der Waals surface area contributed by atoms with E-state index in [1.54, 1.807) is 0 Å². The van der Waals surface area contributed by atoms with E-state index in [1.807, 2.05) is 0 Å². The zero-order valence-corrected chi connectivity index (χ0v) is 24.5. The van der Waals surface area contributed by atoms with Crippen LogP contribution in [0.5, 0.6) is 0 Å². The van der Waals surface area contributed by atoms with Crippen LogP contribution in [0, 0.1) is 17.8 Å². The van der Waals surface area contributed by atoms with Crippen LogP contribution in [0.25, 0.3) is 0 Å². The first kappa shape index (κ1) is 32.7. The number of rotatable bonds is 21. The van der Waals surface area contributed by atoms with Gasteiger partial charge in [0.25, 0.3) is 0 Å². The molecule has 198 valence electrons. The van der Waals surface area contributed by atoms with Crippen LogP contribution in [0.2, 0.25) is 0 Å². The molecular weight excluding hydrogens is 404 g/mol. The molecule has 0 aromatic heterocycles. The summed E-state index contributed by atoms with van der Waals surface area (Å²) < 4.78 is 12.5. The van der Waals surface area contributed by atoms with Gasteiger partial charge in [-0.15, -0.1) is 0 Å². The van der Waals surface area contributed by atoms with Crippen molar-refractivity contribution in [3.8, 4) is 0 Å². The Kier molecular flexibility index (Phi) is 17.8. The number of allylic oxidation sites excluding steroid dienone is 2. The van der Waals surface area contributed by atoms with Crippen LogP contribution in [0.4, 0.5) is 0 Å². The quantitative estimate of drug-likeness (QED) is 0.157. The summed E-state index contributed by atoms with van der Waals surface area (Å²) in [5.41, 5.74) is 1.44. The fourth-order valence-corrected chi connectivity index (χ4v) is 4.55. The average Bonchev–Trinajstić information content (AvgIpc) is 2.67. The standard InChI is InChI=1S/C31H62O2/c1-11-15-27(4)18-13-22-30(7,8)33-25-21-29(6)19-14-23-31(9,10)32-24-20-28(5)17-12-16-26(2)3/h16,27-29H,11-15,17-25H2,1-10H3. The molecule has 0 rings (SSSR count). The fraction of sp³-hybridized carbons (Fsp3) is 0.935. The van der Waals surface area contributed by atoms with E-state index < -0.39 is 0 Å². The largest absolute Gasteiger partial charge is 0.376 e. The molecule has 0 heterocycles. The van der Waals surface area contributed by atoms with E-state index in [1.165, 1.54) is 76.2 Å². The van der Waals surface area contributed by atoms with Gasteiger partial charge in [-0.3, -0.25) is 0 Å². The highest BCUT2D eigenvalue weighted by Crippen LogP contribution is 2.25. The van der Waals surface area contributed by atoms with Gasteiger partial charge < -0.3 is 9.47 Å². The molecule has 0 aromatic carbocycles. The van der Waals surface area contributed by atoms with E-state index in [0.29, 0.717) is 0 Å². The van der Waals surface area contributed by atoms with Crippen LogP contribution in [-0.2, 0) is 9.47 Å². The second kappa shape index (κ2) is 18.0. The smallest absolute Gasteiger partial charge is 0.0626 e. The number of hydrogen-bond acceptors (Lipinski definition) is 2. The summed E-state index contributed by atoms with van der Waals surface area (Å²) in [4.78, 5) is 0. The SMILES string of the molecule is CCCC(C)CCCC(C)(C)OCCC(C)CCCC(C)(C)OCCC(C)CCC=C(C)C. The predicted molar refractivity (Wildman–Crippen MR) is 148 cm³/mol. The summed E-state index contributed by atoms with van der Waals surface area (Å²) in [5, 5.41) is 0. The second-order valence-electron chi connectivity index (χ2n) is 12.5. The Morgan fingerprint density at radius 1 is 0.667 bits per heavy atom. The minimum Gasteiger partial charge on any atom is -0.376 e. The van der Waals surface area contributed by atoms with Gasteiger partial charge in [0.15, 0.2) is 0 Å². The topological polar surface area (TPSA) is 18.5 Å². The summed E-state index contributed by atoms with van der Waals surface area (Å²) in [6.45, 7) is 24.6. The van der Waals surface area contributed by atoms with Gasteiger partial charge in [0, 0.05) is 13.2 Å². The van der Waals surface area contributed by atoms with Crippen molar-refractivity contribution in [2.45, 2.75) is 157 Å². The van der Waals surface area contributed by atoms with Crippen molar-refractivity contribution in [1.82, 2.24) is 0 Å². The Balaban J connectivity index is 3.92. The Morgan fingerprint density at radius 2 is 1.09 bits per heavy atom. The van der Waals surface area contributed by atoms with Crippen LogP contribution < -0.4 is 0 Å². The van der Waals surface area contributed by atoms with Crippen molar-refractivity contribution in [2.75, 3.05) is 13.2 Å². The zero-order chi connectivity index (χ0) is 25.3. The lowest BCUT2D eigenvalue weighted by Crippen LogP contribution is -2.26. The van der Waals surface area contributed by atoms with Gasteiger partial charge in [-0.2, -0.15) is 0 Å². The van der Waals surface area contributed by atoms with Crippen molar-refractivity contribution in [2.24, 2.45) is 17.8 Å². The summed E-state index contributed by atoms with van der Waals surface area (Å²) >= 11 is 0. The lowest BCUT2D eigenvalue weighted by Gasteiger charge is -2.28.